The predicted octanol–water partition coefficient (Wildman–Crippen LogP) is 2.31. The summed E-state index contributed by atoms with van der Waals surface area (Å²) in [4.78, 5) is 55.0. The monoisotopic (exact) mass is 400 g/mol. The molecule has 7 rings (SSSR count). The average molecular weight is 400 g/mol. The zero-order valence-corrected chi connectivity index (χ0v) is 16.2. The Bertz CT molecular complexity index is 977. The number of amides is 4. The highest BCUT2D eigenvalue weighted by molar-refractivity contribution is 6.25. The van der Waals surface area contributed by atoms with E-state index in [2.05, 4.69) is 24.3 Å². The minimum absolute atomic E-state index is 0.147. The van der Waals surface area contributed by atoms with E-state index in [1.807, 2.05) is 0 Å². The Morgan fingerprint density at radius 2 is 0.900 bits per heavy atom. The van der Waals surface area contributed by atoms with Crippen LogP contribution in [-0.2, 0) is 19.2 Å². The molecule has 150 valence electrons. The van der Waals surface area contributed by atoms with Crippen molar-refractivity contribution < 1.29 is 19.2 Å². The lowest BCUT2D eigenvalue weighted by atomic mass is 9.85. The molecule has 4 bridgehead atoms. The maximum Gasteiger partial charge on any atom is 0.238 e. The first kappa shape index (κ1) is 16.7. The highest BCUT2D eigenvalue weighted by Gasteiger charge is 2.61. The van der Waals surface area contributed by atoms with E-state index in [9.17, 15) is 19.2 Å². The highest BCUT2D eigenvalue weighted by Crippen LogP contribution is 2.55. The summed E-state index contributed by atoms with van der Waals surface area (Å²) in [5.74, 6) is -1.12. The van der Waals surface area contributed by atoms with E-state index in [4.69, 9.17) is 0 Å². The van der Waals surface area contributed by atoms with Crippen LogP contribution in [0.15, 0.2) is 48.6 Å². The van der Waals surface area contributed by atoms with Crippen molar-refractivity contribution in [3.63, 3.8) is 0 Å². The number of rotatable bonds is 2. The second-order valence-corrected chi connectivity index (χ2v) is 9.54. The lowest BCUT2D eigenvalue weighted by molar-refractivity contribution is -0.124. The van der Waals surface area contributed by atoms with Crippen LogP contribution in [0, 0.1) is 47.3 Å². The fraction of sp³-hybridized carbons (Fsp3) is 0.417. The molecule has 2 saturated carbocycles. The van der Waals surface area contributed by atoms with E-state index in [1.54, 1.807) is 24.3 Å². The van der Waals surface area contributed by atoms with Crippen molar-refractivity contribution in [3.8, 4) is 0 Å². The van der Waals surface area contributed by atoms with Crippen molar-refractivity contribution in [1.29, 1.82) is 0 Å². The van der Waals surface area contributed by atoms with Gasteiger partial charge in [-0.15, -0.1) is 0 Å². The van der Waals surface area contributed by atoms with E-state index >= 15 is 0 Å². The van der Waals surface area contributed by atoms with E-state index in [1.165, 1.54) is 9.80 Å². The van der Waals surface area contributed by atoms with Crippen molar-refractivity contribution in [2.75, 3.05) is 9.80 Å². The number of nitrogens with zero attached hydrogens (tertiary/aromatic N) is 2. The minimum Gasteiger partial charge on any atom is -0.274 e. The van der Waals surface area contributed by atoms with Gasteiger partial charge >= 0.3 is 0 Å². The lowest BCUT2D eigenvalue weighted by Gasteiger charge is -2.21. The number of benzene rings is 1. The number of carbonyl (C=O) groups is 4. The average Bonchev–Trinajstić information content (AvgIpc) is 3.55. The number of fused-ring (bicyclic) bond motifs is 10. The molecule has 0 aromatic heterocycles. The first-order chi connectivity index (χ1) is 14.5. The third kappa shape index (κ3) is 1.81. The summed E-state index contributed by atoms with van der Waals surface area (Å²) in [6, 6.07) is 6.80. The van der Waals surface area contributed by atoms with Crippen LogP contribution in [0.25, 0.3) is 0 Å². The van der Waals surface area contributed by atoms with Gasteiger partial charge in [0.25, 0.3) is 0 Å². The van der Waals surface area contributed by atoms with Crippen LogP contribution in [0.4, 0.5) is 11.4 Å². The van der Waals surface area contributed by atoms with Crippen molar-refractivity contribution in [1.82, 2.24) is 0 Å². The van der Waals surface area contributed by atoms with Gasteiger partial charge in [0.2, 0.25) is 23.6 Å². The molecule has 2 heterocycles. The molecule has 0 radical (unpaired) electrons. The van der Waals surface area contributed by atoms with Crippen LogP contribution in [-0.4, -0.2) is 23.6 Å². The quantitative estimate of drug-likeness (QED) is 0.564. The first-order valence-corrected chi connectivity index (χ1v) is 10.8. The maximum atomic E-state index is 13.1. The zero-order valence-electron chi connectivity index (χ0n) is 16.2. The summed E-state index contributed by atoms with van der Waals surface area (Å²) in [6.45, 7) is 0. The summed E-state index contributed by atoms with van der Waals surface area (Å²) >= 11 is 0. The van der Waals surface area contributed by atoms with Crippen LogP contribution in [0.3, 0.4) is 0 Å². The molecule has 0 N–H and O–H groups in total. The van der Waals surface area contributed by atoms with Gasteiger partial charge in [-0.1, -0.05) is 30.4 Å². The van der Waals surface area contributed by atoms with Gasteiger partial charge in [-0.05, 0) is 54.7 Å². The third-order valence-corrected chi connectivity index (χ3v) is 8.29. The molecule has 2 aliphatic heterocycles. The van der Waals surface area contributed by atoms with Crippen LogP contribution in [0.1, 0.15) is 12.8 Å². The molecule has 1 aromatic carbocycles. The summed E-state index contributed by atoms with van der Waals surface area (Å²) in [6.07, 6.45) is 10.0. The molecule has 6 aliphatic rings. The van der Waals surface area contributed by atoms with Crippen molar-refractivity contribution in [2.45, 2.75) is 12.8 Å². The molecule has 30 heavy (non-hydrogen) atoms. The van der Waals surface area contributed by atoms with E-state index in [-0.39, 0.29) is 71.0 Å². The third-order valence-electron chi connectivity index (χ3n) is 8.29. The van der Waals surface area contributed by atoms with Gasteiger partial charge in [0.15, 0.2) is 0 Å². The topological polar surface area (TPSA) is 74.8 Å². The van der Waals surface area contributed by atoms with Crippen LogP contribution >= 0.6 is 0 Å². The van der Waals surface area contributed by atoms with Gasteiger partial charge in [0.1, 0.15) is 0 Å². The summed E-state index contributed by atoms with van der Waals surface area (Å²) in [5, 5.41) is 0. The van der Waals surface area contributed by atoms with Gasteiger partial charge in [0.05, 0.1) is 35.0 Å². The van der Waals surface area contributed by atoms with Crippen LogP contribution in [0.5, 0.6) is 0 Å². The molecule has 4 amide bonds. The van der Waals surface area contributed by atoms with E-state index < -0.39 is 0 Å². The summed E-state index contributed by atoms with van der Waals surface area (Å²) in [5.41, 5.74) is 0.908. The summed E-state index contributed by atoms with van der Waals surface area (Å²) in [7, 11) is 0. The predicted molar refractivity (Wildman–Crippen MR) is 107 cm³/mol. The maximum absolute atomic E-state index is 13.1. The standard InChI is InChI=1S/C24H20N2O4/c27-21-17-11-4-5-12(8-11)18(17)22(28)25(21)15-2-1-3-16(10-15)26-23(29)19-13-6-7-14(9-13)20(19)24(26)30/h1-7,10-14,17-20H,8-9H2/t11-,12+,13-,14+,17+,18-,19+,20-. The Morgan fingerprint density at radius 3 is 1.23 bits per heavy atom. The number of carbonyl (C=O) groups excluding carboxylic acids is 4. The van der Waals surface area contributed by atoms with Gasteiger partial charge in [-0.3, -0.25) is 19.2 Å². The number of imide groups is 2. The van der Waals surface area contributed by atoms with Crippen molar-refractivity contribution in [3.05, 3.63) is 48.6 Å². The Hall–Kier alpha value is -3.02. The van der Waals surface area contributed by atoms with Crippen LogP contribution < -0.4 is 9.80 Å². The van der Waals surface area contributed by atoms with E-state index in [0.717, 1.165) is 12.8 Å². The Kier molecular flexibility index (Phi) is 2.99. The molecule has 8 atom stereocenters. The zero-order chi connectivity index (χ0) is 20.3. The molecular weight excluding hydrogens is 380 g/mol. The second kappa shape index (κ2) is 5.36. The number of allylic oxidation sites excluding steroid dienone is 4. The van der Waals surface area contributed by atoms with Crippen molar-refractivity contribution >= 4 is 35.0 Å². The summed E-state index contributed by atoms with van der Waals surface area (Å²) < 4.78 is 0. The smallest absolute Gasteiger partial charge is 0.238 e. The minimum atomic E-state index is -0.271. The SMILES string of the molecule is O=C1[C@@H]2[C@H](C(=O)N1c1cccc(N3C(=O)[C@@H]4[C@H](C3=O)[C@H]3C=C[C@@H]4C3)c1)[C@H]1C=C[C@@H]2C1. The second-order valence-electron chi connectivity index (χ2n) is 9.54. The fourth-order valence-corrected chi connectivity index (χ4v) is 7.08. The Balaban J connectivity index is 1.24. The van der Waals surface area contributed by atoms with Gasteiger partial charge < -0.3 is 0 Å². The number of hydrogen-bond donors (Lipinski definition) is 0. The van der Waals surface area contributed by atoms with Gasteiger partial charge in [-0.2, -0.15) is 0 Å². The fourth-order valence-electron chi connectivity index (χ4n) is 7.08. The Labute approximate surface area is 173 Å². The van der Waals surface area contributed by atoms with E-state index in [0.29, 0.717) is 11.4 Å². The molecule has 4 aliphatic carbocycles. The molecule has 2 saturated heterocycles. The van der Waals surface area contributed by atoms with Gasteiger partial charge in [-0.25, -0.2) is 9.80 Å². The number of anilines is 2. The molecule has 6 heteroatoms. The highest BCUT2D eigenvalue weighted by atomic mass is 16.2. The molecule has 1 aromatic rings. The van der Waals surface area contributed by atoms with Gasteiger partial charge in [0, 0.05) is 0 Å². The molecule has 4 fully saturated rings. The largest absolute Gasteiger partial charge is 0.274 e. The van der Waals surface area contributed by atoms with Crippen molar-refractivity contribution in [2.24, 2.45) is 47.3 Å². The lowest BCUT2D eigenvalue weighted by Crippen LogP contribution is -2.34. The molecule has 0 unspecified atom stereocenters. The van der Waals surface area contributed by atoms with Crippen LogP contribution in [0.2, 0.25) is 0 Å². The molecule has 0 spiro atoms. The normalized spacial score (nSPS) is 42.3. The Morgan fingerprint density at radius 1 is 0.567 bits per heavy atom. The molecule has 6 nitrogen and oxygen atoms in total. The molecular formula is C24H20N2O4. The first-order valence-electron chi connectivity index (χ1n) is 10.8. The number of hydrogen-bond acceptors (Lipinski definition) is 4.